The molecule has 0 atom stereocenters. The van der Waals surface area contributed by atoms with E-state index in [1.165, 1.54) is 13.1 Å². The lowest BCUT2D eigenvalue weighted by Gasteiger charge is -2.16. The Balaban J connectivity index is 3.15. The van der Waals surface area contributed by atoms with Crippen molar-refractivity contribution in [3.8, 4) is 0 Å². The molecule has 0 aliphatic carbocycles. The van der Waals surface area contributed by atoms with Gasteiger partial charge in [0.2, 0.25) is 0 Å². The van der Waals surface area contributed by atoms with Crippen molar-refractivity contribution in [3.63, 3.8) is 0 Å². The number of hydrazine groups is 1. The first-order valence-corrected chi connectivity index (χ1v) is 4.64. The van der Waals surface area contributed by atoms with Crippen molar-refractivity contribution in [2.45, 2.75) is 6.18 Å². The predicted molar refractivity (Wildman–Crippen MR) is 59.5 cm³/mol. The number of anilines is 1. The van der Waals surface area contributed by atoms with E-state index >= 15 is 0 Å². The number of hydrogen-bond acceptors (Lipinski definition) is 3. The van der Waals surface area contributed by atoms with Crippen molar-refractivity contribution < 1.29 is 13.2 Å². The number of thiocarbonyl (C=S) groups is 1. The highest BCUT2D eigenvalue weighted by atomic mass is 32.1. The van der Waals surface area contributed by atoms with Crippen LogP contribution >= 0.6 is 12.2 Å². The molecule has 0 bridgehead atoms. The van der Waals surface area contributed by atoms with Crippen LogP contribution in [0.5, 0.6) is 0 Å². The molecule has 88 valence electrons. The van der Waals surface area contributed by atoms with Crippen LogP contribution in [-0.2, 0) is 6.18 Å². The monoisotopic (exact) mass is 249 g/mol. The molecule has 7 heteroatoms. The zero-order chi connectivity index (χ0) is 12.5. The Morgan fingerprint density at radius 3 is 2.31 bits per heavy atom. The molecule has 0 aromatic heterocycles. The van der Waals surface area contributed by atoms with Gasteiger partial charge < -0.3 is 10.7 Å². The summed E-state index contributed by atoms with van der Waals surface area (Å²) in [5.41, 5.74) is 4.95. The van der Waals surface area contributed by atoms with Crippen molar-refractivity contribution in [2.75, 3.05) is 12.8 Å². The largest absolute Gasteiger partial charge is 0.416 e. The molecule has 0 unspecified atom stereocenters. The number of benzene rings is 1. The summed E-state index contributed by atoms with van der Waals surface area (Å²) in [5.74, 6) is 5.38. The lowest BCUT2D eigenvalue weighted by molar-refractivity contribution is -0.137. The standard InChI is InChI=1S/C9H10F3N3S/c1-15(14)8(16)6-3-2-5(4-7(6)13)9(10,11)12/h2-4H,13-14H2,1H3. The Labute approximate surface area is 95.8 Å². The van der Waals surface area contributed by atoms with Gasteiger partial charge in [-0.1, -0.05) is 12.2 Å². The molecule has 0 radical (unpaired) electrons. The number of nitrogen functional groups attached to an aromatic ring is 1. The van der Waals surface area contributed by atoms with Crippen LogP contribution in [0.2, 0.25) is 0 Å². The Kier molecular flexibility index (Phi) is 3.39. The average molecular weight is 249 g/mol. The topological polar surface area (TPSA) is 55.3 Å². The van der Waals surface area contributed by atoms with Gasteiger partial charge in [-0.3, -0.25) is 0 Å². The third-order valence-corrected chi connectivity index (χ3v) is 2.44. The fraction of sp³-hybridized carbons (Fsp3) is 0.222. The Morgan fingerprint density at radius 2 is 1.94 bits per heavy atom. The molecule has 0 aliphatic rings. The lowest BCUT2D eigenvalue weighted by atomic mass is 10.1. The van der Waals surface area contributed by atoms with Gasteiger partial charge in [0.25, 0.3) is 0 Å². The summed E-state index contributed by atoms with van der Waals surface area (Å²) >= 11 is 4.91. The van der Waals surface area contributed by atoms with E-state index in [4.69, 9.17) is 23.8 Å². The zero-order valence-electron chi connectivity index (χ0n) is 8.38. The third kappa shape index (κ3) is 2.61. The summed E-state index contributed by atoms with van der Waals surface area (Å²) < 4.78 is 37.0. The van der Waals surface area contributed by atoms with Crippen molar-refractivity contribution in [2.24, 2.45) is 5.84 Å². The van der Waals surface area contributed by atoms with Crippen molar-refractivity contribution in [3.05, 3.63) is 29.3 Å². The van der Waals surface area contributed by atoms with Gasteiger partial charge in [0.1, 0.15) is 4.99 Å². The smallest absolute Gasteiger partial charge is 0.398 e. The number of nitrogens with two attached hydrogens (primary N) is 2. The van der Waals surface area contributed by atoms with E-state index in [0.29, 0.717) is 5.56 Å². The minimum Gasteiger partial charge on any atom is -0.398 e. The minimum absolute atomic E-state index is 0.0443. The van der Waals surface area contributed by atoms with E-state index in [2.05, 4.69) is 0 Å². The second kappa shape index (κ2) is 4.26. The molecule has 16 heavy (non-hydrogen) atoms. The van der Waals surface area contributed by atoms with Crippen LogP contribution < -0.4 is 11.6 Å². The third-order valence-electron chi connectivity index (χ3n) is 1.93. The van der Waals surface area contributed by atoms with E-state index in [1.54, 1.807) is 0 Å². The van der Waals surface area contributed by atoms with Crippen LogP contribution in [-0.4, -0.2) is 17.0 Å². The van der Waals surface area contributed by atoms with Gasteiger partial charge in [-0.05, 0) is 18.2 Å². The highest BCUT2D eigenvalue weighted by Crippen LogP contribution is 2.31. The highest BCUT2D eigenvalue weighted by molar-refractivity contribution is 7.80. The van der Waals surface area contributed by atoms with Gasteiger partial charge in [-0.25, -0.2) is 5.84 Å². The summed E-state index contributed by atoms with van der Waals surface area (Å²) in [7, 11) is 1.49. The molecule has 4 N–H and O–H groups in total. The molecule has 0 fully saturated rings. The molecule has 0 saturated heterocycles. The van der Waals surface area contributed by atoms with Gasteiger partial charge in [-0.15, -0.1) is 0 Å². The van der Waals surface area contributed by atoms with Gasteiger partial charge in [0.05, 0.1) is 5.56 Å². The van der Waals surface area contributed by atoms with Gasteiger partial charge in [0.15, 0.2) is 0 Å². The Hall–Kier alpha value is -1.34. The minimum atomic E-state index is -4.41. The molecular formula is C9H10F3N3S. The normalized spacial score (nSPS) is 11.3. The van der Waals surface area contributed by atoms with Crippen LogP contribution in [0.3, 0.4) is 0 Å². The van der Waals surface area contributed by atoms with E-state index in [-0.39, 0.29) is 10.7 Å². The van der Waals surface area contributed by atoms with Crippen LogP contribution in [0.1, 0.15) is 11.1 Å². The van der Waals surface area contributed by atoms with Gasteiger partial charge in [-0.2, -0.15) is 13.2 Å². The SMILES string of the molecule is CN(N)C(=S)c1ccc(C(F)(F)F)cc1N. The molecule has 0 aliphatic heterocycles. The van der Waals surface area contributed by atoms with Crippen LogP contribution in [0.25, 0.3) is 0 Å². The highest BCUT2D eigenvalue weighted by Gasteiger charge is 2.31. The first kappa shape index (κ1) is 12.7. The summed E-state index contributed by atoms with van der Waals surface area (Å²) in [6.45, 7) is 0. The number of halogens is 3. The number of rotatable bonds is 1. The van der Waals surface area contributed by atoms with E-state index in [1.807, 2.05) is 0 Å². The summed E-state index contributed by atoms with van der Waals surface area (Å²) in [4.78, 5) is 0.186. The summed E-state index contributed by atoms with van der Waals surface area (Å²) in [6.07, 6.45) is -4.41. The molecule has 1 aromatic carbocycles. The number of alkyl halides is 3. The van der Waals surface area contributed by atoms with Crippen molar-refractivity contribution in [1.82, 2.24) is 5.01 Å². The molecule has 0 saturated carbocycles. The molecule has 3 nitrogen and oxygen atoms in total. The number of nitrogens with zero attached hydrogens (tertiary/aromatic N) is 1. The quantitative estimate of drug-likeness (QED) is 0.345. The lowest BCUT2D eigenvalue weighted by Crippen LogP contribution is -2.32. The molecular weight excluding hydrogens is 239 g/mol. The summed E-state index contributed by atoms with van der Waals surface area (Å²) in [5, 5.41) is 1.12. The maximum absolute atomic E-state index is 12.3. The van der Waals surface area contributed by atoms with E-state index in [9.17, 15) is 13.2 Å². The Morgan fingerprint density at radius 1 is 1.38 bits per heavy atom. The number of hydrogen-bond donors (Lipinski definition) is 2. The first-order chi connectivity index (χ1) is 7.23. The second-order valence-electron chi connectivity index (χ2n) is 3.22. The fourth-order valence-corrected chi connectivity index (χ4v) is 1.31. The summed E-state index contributed by atoms with van der Waals surface area (Å²) in [6, 6.07) is 2.97. The van der Waals surface area contributed by atoms with Gasteiger partial charge >= 0.3 is 6.18 Å². The van der Waals surface area contributed by atoms with E-state index < -0.39 is 11.7 Å². The van der Waals surface area contributed by atoms with E-state index in [0.717, 1.165) is 17.1 Å². The average Bonchev–Trinajstić information content (AvgIpc) is 2.15. The first-order valence-electron chi connectivity index (χ1n) is 4.23. The maximum Gasteiger partial charge on any atom is 0.416 e. The molecule has 1 aromatic rings. The van der Waals surface area contributed by atoms with Crippen molar-refractivity contribution in [1.29, 1.82) is 0 Å². The maximum atomic E-state index is 12.3. The molecule has 1 rings (SSSR count). The molecule has 0 amide bonds. The van der Waals surface area contributed by atoms with Crippen LogP contribution in [0.4, 0.5) is 18.9 Å². The predicted octanol–water partition coefficient (Wildman–Crippen LogP) is 1.77. The molecule has 0 spiro atoms. The van der Waals surface area contributed by atoms with Crippen molar-refractivity contribution >= 4 is 22.9 Å². The fourth-order valence-electron chi connectivity index (χ4n) is 1.12. The van der Waals surface area contributed by atoms with Crippen LogP contribution in [0, 0.1) is 0 Å². The van der Waals surface area contributed by atoms with Gasteiger partial charge in [0, 0.05) is 18.3 Å². The van der Waals surface area contributed by atoms with Crippen LogP contribution in [0.15, 0.2) is 18.2 Å². The second-order valence-corrected chi connectivity index (χ2v) is 3.60. The molecule has 0 heterocycles. The zero-order valence-corrected chi connectivity index (χ0v) is 9.19. The Bertz CT molecular complexity index is 415.